The predicted octanol–water partition coefficient (Wildman–Crippen LogP) is 2.81. The van der Waals surface area contributed by atoms with E-state index in [1.807, 2.05) is 0 Å². The first-order valence-electron chi connectivity index (χ1n) is 5.74. The van der Waals surface area contributed by atoms with E-state index in [0.717, 1.165) is 25.7 Å². The summed E-state index contributed by atoms with van der Waals surface area (Å²) in [7, 11) is 0. The fourth-order valence-electron chi connectivity index (χ4n) is 2.16. The van der Waals surface area contributed by atoms with Crippen LogP contribution >= 0.6 is 0 Å². The van der Waals surface area contributed by atoms with Gasteiger partial charge in [-0.3, -0.25) is 4.79 Å². The minimum absolute atomic E-state index is 0.159. The van der Waals surface area contributed by atoms with Gasteiger partial charge in [-0.1, -0.05) is 25.0 Å². The number of carbonyl (C=O) groups excluding carboxylic acids is 1. The van der Waals surface area contributed by atoms with Crippen molar-refractivity contribution >= 4 is 5.91 Å². The number of halogens is 1. The minimum Gasteiger partial charge on any atom is -0.349 e. The van der Waals surface area contributed by atoms with E-state index in [9.17, 15) is 9.18 Å². The summed E-state index contributed by atoms with van der Waals surface area (Å²) < 4.78 is 13.7. The van der Waals surface area contributed by atoms with Gasteiger partial charge in [0, 0.05) is 6.04 Å². The molecule has 0 spiro atoms. The zero-order chi connectivity index (χ0) is 11.5. The van der Waals surface area contributed by atoms with Crippen molar-refractivity contribution in [1.82, 2.24) is 5.32 Å². The molecule has 1 N–H and O–H groups in total. The molecule has 86 valence electrons. The standard InChI is InChI=1S/C13H16FNO/c1-9-5-4-8-11(12(9)14)13(16)15-10-6-2-3-7-10/h4-5,8,10H,2-3,6-7H2,1H3,(H,15,16). The Hall–Kier alpha value is -1.38. The van der Waals surface area contributed by atoms with E-state index in [1.165, 1.54) is 6.07 Å². The summed E-state index contributed by atoms with van der Waals surface area (Å²) in [6, 6.07) is 5.14. The molecule has 16 heavy (non-hydrogen) atoms. The van der Waals surface area contributed by atoms with Crippen molar-refractivity contribution in [1.29, 1.82) is 0 Å². The van der Waals surface area contributed by atoms with E-state index in [4.69, 9.17) is 0 Å². The van der Waals surface area contributed by atoms with Gasteiger partial charge in [0.15, 0.2) is 0 Å². The number of amides is 1. The molecule has 0 atom stereocenters. The van der Waals surface area contributed by atoms with E-state index in [0.29, 0.717) is 5.56 Å². The summed E-state index contributed by atoms with van der Waals surface area (Å²) in [5.74, 6) is -0.689. The van der Waals surface area contributed by atoms with Crippen molar-refractivity contribution in [2.24, 2.45) is 0 Å². The van der Waals surface area contributed by atoms with Crippen molar-refractivity contribution in [2.45, 2.75) is 38.6 Å². The van der Waals surface area contributed by atoms with Gasteiger partial charge in [0.1, 0.15) is 5.82 Å². The lowest BCUT2D eigenvalue weighted by Crippen LogP contribution is -2.33. The molecule has 1 aromatic rings. The molecule has 2 nitrogen and oxygen atoms in total. The van der Waals surface area contributed by atoms with Crippen LogP contribution in [0.25, 0.3) is 0 Å². The molecule has 0 bridgehead atoms. The average molecular weight is 221 g/mol. The molecule has 1 fully saturated rings. The number of rotatable bonds is 2. The van der Waals surface area contributed by atoms with Crippen LogP contribution in [0.5, 0.6) is 0 Å². The molecule has 1 saturated carbocycles. The molecule has 1 aliphatic carbocycles. The quantitative estimate of drug-likeness (QED) is 0.817. The van der Waals surface area contributed by atoms with Crippen molar-refractivity contribution in [3.8, 4) is 0 Å². The van der Waals surface area contributed by atoms with Crippen LogP contribution in [0, 0.1) is 12.7 Å². The molecule has 2 rings (SSSR count). The topological polar surface area (TPSA) is 29.1 Å². The van der Waals surface area contributed by atoms with Crippen molar-refractivity contribution in [3.05, 3.63) is 35.1 Å². The Morgan fingerprint density at radius 1 is 1.38 bits per heavy atom. The van der Waals surface area contributed by atoms with E-state index in [-0.39, 0.29) is 17.5 Å². The van der Waals surface area contributed by atoms with Gasteiger partial charge in [0.05, 0.1) is 5.56 Å². The molecule has 1 amide bonds. The third-order valence-electron chi connectivity index (χ3n) is 3.13. The second-order valence-electron chi connectivity index (χ2n) is 4.39. The van der Waals surface area contributed by atoms with Gasteiger partial charge in [-0.15, -0.1) is 0 Å². The molecular weight excluding hydrogens is 205 g/mol. The lowest BCUT2D eigenvalue weighted by Gasteiger charge is -2.12. The highest BCUT2D eigenvalue weighted by molar-refractivity contribution is 5.94. The Morgan fingerprint density at radius 2 is 2.06 bits per heavy atom. The van der Waals surface area contributed by atoms with Crippen LogP contribution in [0.2, 0.25) is 0 Å². The van der Waals surface area contributed by atoms with Crippen LogP contribution in [0.1, 0.15) is 41.6 Å². The van der Waals surface area contributed by atoms with Gasteiger partial charge in [-0.05, 0) is 31.4 Å². The fraction of sp³-hybridized carbons (Fsp3) is 0.462. The zero-order valence-corrected chi connectivity index (χ0v) is 9.42. The number of aryl methyl sites for hydroxylation is 1. The lowest BCUT2D eigenvalue weighted by atomic mass is 10.1. The number of carbonyl (C=O) groups is 1. The smallest absolute Gasteiger partial charge is 0.254 e. The maximum Gasteiger partial charge on any atom is 0.254 e. The van der Waals surface area contributed by atoms with Gasteiger partial charge in [-0.2, -0.15) is 0 Å². The molecule has 3 heteroatoms. The first-order chi connectivity index (χ1) is 7.68. The summed E-state index contributed by atoms with van der Waals surface area (Å²) in [5, 5.41) is 2.88. The summed E-state index contributed by atoms with van der Waals surface area (Å²) >= 11 is 0. The van der Waals surface area contributed by atoms with Crippen LogP contribution < -0.4 is 5.32 Å². The van der Waals surface area contributed by atoms with Gasteiger partial charge < -0.3 is 5.32 Å². The highest BCUT2D eigenvalue weighted by Gasteiger charge is 2.20. The van der Waals surface area contributed by atoms with E-state index >= 15 is 0 Å². The monoisotopic (exact) mass is 221 g/mol. The van der Waals surface area contributed by atoms with Crippen LogP contribution in [0.4, 0.5) is 4.39 Å². The van der Waals surface area contributed by atoms with Crippen molar-refractivity contribution in [2.75, 3.05) is 0 Å². The molecule has 1 aromatic carbocycles. The summed E-state index contributed by atoms with van der Waals surface area (Å²) in [6.07, 6.45) is 4.33. The summed E-state index contributed by atoms with van der Waals surface area (Å²) in [4.78, 5) is 11.8. The zero-order valence-electron chi connectivity index (χ0n) is 9.42. The summed E-state index contributed by atoms with van der Waals surface area (Å²) in [6.45, 7) is 1.67. The first-order valence-corrected chi connectivity index (χ1v) is 5.74. The number of hydrogen-bond acceptors (Lipinski definition) is 1. The van der Waals surface area contributed by atoms with Gasteiger partial charge in [0.25, 0.3) is 5.91 Å². The lowest BCUT2D eigenvalue weighted by molar-refractivity contribution is 0.0933. The molecule has 0 heterocycles. The number of nitrogens with one attached hydrogen (secondary N) is 1. The Balaban J connectivity index is 2.11. The van der Waals surface area contributed by atoms with E-state index < -0.39 is 5.82 Å². The molecule has 1 aliphatic rings. The molecule has 0 radical (unpaired) electrons. The van der Waals surface area contributed by atoms with Crippen LogP contribution in [-0.4, -0.2) is 11.9 Å². The van der Waals surface area contributed by atoms with Crippen LogP contribution in [-0.2, 0) is 0 Å². The minimum atomic E-state index is -0.405. The van der Waals surface area contributed by atoms with Gasteiger partial charge >= 0.3 is 0 Å². The molecule has 0 unspecified atom stereocenters. The number of hydrogen-bond donors (Lipinski definition) is 1. The molecule has 0 aromatic heterocycles. The first kappa shape index (κ1) is 11.1. The molecule has 0 saturated heterocycles. The second kappa shape index (κ2) is 4.64. The highest BCUT2D eigenvalue weighted by Crippen LogP contribution is 2.19. The second-order valence-corrected chi connectivity index (χ2v) is 4.39. The largest absolute Gasteiger partial charge is 0.349 e. The molecular formula is C13H16FNO. The maximum atomic E-state index is 13.7. The normalized spacial score (nSPS) is 16.4. The van der Waals surface area contributed by atoms with Crippen molar-refractivity contribution < 1.29 is 9.18 Å². The van der Waals surface area contributed by atoms with Crippen LogP contribution in [0.15, 0.2) is 18.2 Å². The SMILES string of the molecule is Cc1cccc(C(=O)NC2CCCC2)c1F. The van der Waals surface area contributed by atoms with Crippen molar-refractivity contribution in [3.63, 3.8) is 0 Å². The molecule has 0 aliphatic heterocycles. The Morgan fingerprint density at radius 3 is 2.75 bits per heavy atom. The fourth-order valence-corrected chi connectivity index (χ4v) is 2.16. The average Bonchev–Trinajstić information content (AvgIpc) is 2.74. The Kier molecular flexibility index (Phi) is 3.22. The Labute approximate surface area is 94.9 Å². The third kappa shape index (κ3) is 2.23. The Bertz CT molecular complexity index is 397. The van der Waals surface area contributed by atoms with E-state index in [1.54, 1.807) is 19.1 Å². The summed E-state index contributed by atoms with van der Waals surface area (Å²) in [5.41, 5.74) is 0.672. The third-order valence-corrected chi connectivity index (χ3v) is 3.13. The van der Waals surface area contributed by atoms with Gasteiger partial charge in [0.2, 0.25) is 0 Å². The number of benzene rings is 1. The maximum absolute atomic E-state index is 13.7. The highest BCUT2D eigenvalue weighted by atomic mass is 19.1. The van der Waals surface area contributed by atoms with E-state index in [2.05, 4.69) is 5.32 Å². The predicted molar refractivity (Wildman–Crippen MR) is 60.9 cm³/mol. The van der Waals surface area contributed by atoms with Crippen LogP contribution in [0.3, 0.4) is 0 Å². The van der Waals surface area contributed by atoms with Gasteiger partial charge in [-0.25, -0.2) is 4.39 Å².